The molecule has 0 radical (unpaired) electrons. The molecule has 29 heavy (non-hydrogen) atoms. The van der Waals surface area contributed by atoms with Gasteiger partial charge in [0.05, 0.1) is 5.56 Å². The first-order valence-corrected chi connectivity index (χ1v) is 9.51. The zero-order valence-corrected chi connectivity index (χ0v) is 15.9. The third kappa shape index (κ3) is 3.83. The monoisotopic (exact) mass is 398 g/mol. The molecule has 1 aliphatic rings. The molecule has 150 valence electrons. The van der Waals surface area contributed by atoms with E-state index in [0.29, 0.717) is 13.0 Å². The van der Waals surface area contributed by atoms with Crippen molar-refractivity contribution in [2.45, 2.75) is 32.2 Å². The largest absolute Gasteiger partial charge is 0.337 e. The topological polar surface area (TPSA) is 71.3 Å². The lowest BCUT2D eigenvalue weighted by Crippen LogP contribution is -2.34. The molecule has 0 spiro atoms. The van der Waals surface area contributed by atoms with Crippen LogP contribution in [0.2, 0.25) is 0 Å². The van der Waals surface area contributed by atoms with Gasteiger partial charge < -0.3 is 14.7 Å². The number of amides is 2. The molecular formula is C21H20F2N4O2. The third-order valence-electron chi connectivity index (χ3n) is 5.05. The first-order valence-electron chi connectivity index (χ1n) is 9.51. The number of para-hydroxylation sites is 1. The lowest BCUT2D eigenvalue weighted by atomic mass is 10.1. The number of aryl methyl sites for hydroxylation is 1. The molecule has 1 fully saturated rings. The van der Waals surface area contributed by atoms with Gasteiger partial charge in [-0.1, -0.05) is 30.3 Å². The molecule has 2 heterocycles. The van der Waals surface area contributed by atoms with Crippen LogP contribution < -0.4 is 5.32 Å². The first kappa shape index (κ1) is 19.0. The van der Waals surface area contributed by atoms with E-state index in [1.54, 1.807) is 4.90 Å². The van der Waals surface area contributed by atoms with Crippen molar-refractivity contribution in [3.8, 4) is 11.4 Å². The first-order chi connectivity index (χ1) is 14.1. The number of aromatic nitrogens is 2. The molecule has 1 aromatic heterocycles. The molecule has 0 saturated carbocycles. The van der Waals surface area contributed by atoms with Crippen molar-refractivity contribution in [2.75, 3.05) is 11.9 Å². The summed E-state index contributed by atoms with van der Waals surface area (Å²) in [5.74, 6) is -1.18. The van der Waals surface area contributed by atoms with Gasteiger partial charge in [-0.25, -0.2) is 13.6 Å². The van der Waals surface area contributed by atoms with Gasteiger partial charge in [0.25, 0.3) is 0 Å². The Labute approximate surface area is 166 Å². The molecule has 6 nitrogen and oxygen atoms in total. The minimum atomic E-state index is -0.769. The van der Waals surface area contributed by atoms with Gasteiger partial charge >= 0.3 is 6.03 Å². The minimum Gasteiger partial charge on any atom is -0.337 e. The summed E-state index contributed by atoms with van der Waals surface area (Å²) in [6.45, 7) is 2.58. The average molecular weight is 398 g/mol. The summed E-state index contributed by atoms with van der Waals surface area (Å²) in [6.07, 6.45) is 2.25. The van der Waals surface area contributed by atoms with E-state index in [9.17, 15) is 13.6 Å². The lowest BCUT2D eigenvalue weighted by molar-refractivity contribution is 0.193. The van der Waals surface area contributed by atoms with Crippen molar-refractivity contribution in [1.29, 1.82) is 0 Å². The minimum absolute atomic E-state index is 0.0288. The van der Waals surface area contributed by atoms with Gasteiger partial charge in [0.15, 0.2) is 0 Å². The predicted molar refractivity (Wildman–Crippen MR) is 103 cm³/mol. The van der Waals surface area contributed by atoms with Crippen molar-refractivity contribution < 1.29 is 18.1 Å². The molecule has 1 atom stereocenters. The molecule has 1 aliphatic heterocycles. The number of benzene rings is 2. The quantitative estimate of drug-likeness (QED) is 0.675. The Balaban J connectivity index is 1.54. The molecule has 0 unspecified atom stereocenters. The van der Waals surface area contributed by atoms with E-state index in [1.807, 2.05) is 31.2 Å². The summed E-state index contributed by atoms with van der Waals surface area (Å²) in [5, 5.41) is 6.77. The Hall–Kier alpha value is -3.29. The average Bonchev–Trinajstić information content (AvgIpc) is 3.38. The van der Waals surface area contributed by atoms with Gasteiger partial charge in [-0.15, -0.1) is 0 Å². The fourth-order valence-corrected chi connectivity index (χ4v) is 3.55. The van der Waals surface area contributed by atoms with Gasteiger partial charge in [0.2, 0.25) is 11.7 Å². The van der Waals surface area contributed by atoms with Crippen LogP contribution in [0.25, 0.3) is 11.4 Å². The van der Waals surface area contributed by atoms with E-state index in [4.69, 9.17) is 4.52 Å². The number of likely N-dealkylation sites (tertiary alicyclic amines) is 1. The highest BCUT2D eigenvalue weighted by Gasteiger charge is 2.34. The summed E-state index contributed by atoms with van der Waals surface area (Å²) >= 11 is 0. The molecule has 1 saturated heterocycles. The second-order valence-corrected chi connectivity index (χ2v) is 6.87. The Morgan fingerprint density at radius 2 is 2.10 bits per heavy atom. The third-order valence-corrected chi connectivity index (χ3v) is 5.05. The molecule has 0 bridgehead atoms. The number of carbonyl (C=O) groups excluding carboxylic acids is 1. The molecule has 2 aromatic carbocycles. The van der Waals surface area contributed by atoms with Crippen LogP contribution in [0.3, 0.4) is 0 Å². The summed E-state index contributed by atoms with van der Waals surface area (Å²) < 4.78 is 32.5. The van der Waals surface area contributed by atoms with Gasteiger partial charge in [-0.2, -0.15) is 4.98 Å². The number of nitrogens with one attached hydrogen (secondary N) is 1. The second-order valence-electron chi connectivity index (χ2n) is 6.87. The smallest absolute Gasteiger partial charge is 0.322 e. The van der Waals surface area contributed by atoms with Crippen LogP contribution in [0.4, 0.5) is 19.3 Å². The second kappa shape index (κ2) is 7.98. The summed E-state index contributed by atoms with van der Waals surface area (Å²) in [4.78, 5) is 18.8. The van der Waals surface area contributed by atoms with Crippen LogP contribution in [0.15, 0.2) is 47.0 Å². The number of hydrogen-bond donors (Lipinski definition) is 1. The maximum Gasteiger partial charge on any atom is 0.322 e. The van der Waals surface area contributed by atoms with Crippen LogP contribution in [0, 0.1) is 11.6 Å². The van der Waals surface area contributed by atoms with E-state index >= 15 is 0 Å². The SMILES string of the molecule is CCc1ccccc1NC(=O)N1CCC[C@@H]1c1nc(-c2ccc(F)cc2F)no1. The fourth-order valence-electron chi connectivity index (χ4n) is 3.55. The van der Waals surface area contributed by atoms with E-state index in [2.05, 4.69) is 15.5 Å². The number of halogens is 2. The number of urea groups is 1. The van der Waals surface area contributed by atoms with Crippen molar-refractivity contribution >= 4 is 11.7 Å². The fraction of sp³-hybridized carbons (Fsp3) is 0.286. The van der Waals surface area contributed by atoms with Crippen LogP contribution in [0.5, 0.6) is 0 Å². The number of hydrogen-bond acceptors (Lipinski definition) is 4. The van der Waals surface area contributed by atoms with Gasteiger partial charge in [0, 0.05) is 18.3 Å². The maximum atomic E-state index is 14.0. The normalized spacial score (nSPS) is 16.2. The Morgan fingerprint density at radius 1 is 1.28 bits per heavy atom. The van der Waals surface area contributed by atoms with Gasteiger partial charge in [0.1, 0.15) is 17.7 Å². The highest BCUT2D eigenvalue weighted by atomic mass is 19.1. The van der Waals surface area contributed by atoms with Gasteiger partial charge in [-0.05, 0) is 43.0 Å². The number of carbonyl (C=O) groups is 1. The summed E-state index contributed by atoms with van der Waals surface area (Å²) in [6, 6.07) is 10.2. The molecule has 1 N–H and O–H groups in total. The highest BCUT2D eigenvalue weighted by Crippen LogP contribution is 2.33. The number of rotatable bonds is 4. The van der Waals surface area contributed by atoms with Crippen LogP contribution in [0.1, 0.15) is 37.3 Å². The van der Waals surface area contributed by atoms with E-state index in [0.717, 1.165) is 36.2 Å². The molecule has 8 heteroatoms. The molecular weight excluding hydrogens is 378 g/mol. The zero-order valence-electron chi connectivity index (χ0n) is 15.9. The zero-order chi connectivity index (χ0) is 20.4. The van der Waals surface area contributed by atoms with Crippen molar-refractivity contribution in [3.05, 3.63) is 65.6 Å². The summed E-state index contributed by atoms with van der Waals surface area (Å²) in [5.41, 5.74) is 1.86. The lowest BCUT2D eigenvalue weighted by Gasteiger charge is -2.23. The summed E-state index contributed by atoms with van der Waals surface area (Å²) in [7, 11) is 0. The number of nitrogens with zero attached hydrogens (tertiary/aromatic N) is 3. The molecule has 2 amide bonds. The van der Waals surface area contributed by atoms with Crippen molar-refractivity contribution in [1.82, 2.24) is 15.0 Å². The molecule has 4 rings (SSSR count). The standard InChI is InChI=1S/C21H20F2N4O2/c1-2-13-6-3-4-7-17(13)24-21(28)27-11-5-8-18(27)20-25-19(26-29-20)15-10-9-14(22)12-16(15)23/h3-4,6-7,9-10,12,18H,2,5,8,11H2,1H3,(H,24,28)/t18-/m1/s1. The number of anilines is 1. The van der Waals surface area contributed by atoms with Crippen molar-refractivity contribution in [2.24, 2.45) is 0 Å². The van der Waals surface area contributed by atoms with Crippen LogP contribution in [-0.2, 0) is 6.42 Å². The predicted octanol–water partition coefficient (Wildman–Crippen LogP) is 4.95. The van der Waals surface area contributed by atoms with Crippen LogP contribution >= 0.6 is 0 Å². The molecule has 0 aliphatic carbocycles. The molecule has 3 aromatic rings. The Morgan fingerprint density at radius 3 is 2.90 bits per heavy atom. The Bertz CT molecular complexity index is 1040. The Kier molecular flexibility index (Phi) is 5.24. The van der Waals surface area contributed by atoms with E-state index < -0.39 is 17.7 Å². The van der Waals surface area contributed by atoms with Crippen LogP contribution in [-0.4, -0.2) is 27.6 Å². The van der Waals surface area contributed by atoms with Gasteiger partial charge in [-0.3, -0.25) is 0 Å². The highest BCUT2D eigenvalue weighted by molar-refractivity contribution is 5.90. The van der Waals surface area contributed by atoms with E-state index in [1.165, 1.54) is 6.07 Å². The maximum absolute atomic E-state index is 14.0. The van der Waals surface area contributed by atoms with Crippen molar-refractivity contribution in [3.63, 3.8) is 0 Å². The van der Waals surface area contributed by atoms with E-state index in [-0.39, 0.29) is 23.3 Å².